The van der Waals surface area contributed by atoms with Crippen molar-refractivity contribution in [2.45, 2.75) is 6.92 Å². The van der Waals surface area contributed by atoms with Crippen LogP contribution in [-0.4, -0.2) is 5.78 Å². The first-order valence-electron chi connectivity index (χ1n) is 5.34. The third-order valence-corrected chi connectivity index (χ3v) is 2.83. The molecule has 0 aromatic heterocycles. The summed E-state index contributed by atoms with van der Waals surface area (Å²) in [5, 5.41) is 0.380. The predicted molar refractivity (Wildman–Crippen MR) is 70.4 cm³/mol. The number of ketones is 1. The zero-order valence-corrected chi connectivity index (χ0v) is 10.5. The van der Waals surface area contributed by atoms with E-state index in [2.05, 4.69) is 0 Å². The van der Waals surface area contributed by atoms with E-state index < -0.39 is 5.82 Å². The Morgan fingerprint density at radius 3 is 2.50 bits per heavy atom. The van der Waals surface area contributed by atoms with E-state index >= 15 is 0 Å². The number of carbonyl (C=O) groups excluding carboxylic acids is 1. The summed E-state index contributed by atoms with van der Waals surface area (Å²) in [4.78, 5) is 12.1. The first kappa shape index (κ1) is 12.6. The van der Waals surface area contributed by atoms with E-state index in [1.807, 2.05) is 0 Å². The Labute approximate surface area is 109 Å². The molecule has 0 aliphatic carbocycles. The number of rotatable bonds is 2. The van der Waals surface area contributed by atoms with Crippen molar-refractivity contribution in [1.29, 1.82) is 0 Å². The molecule has 0 heterocycles. The summed E-state index contributed by atoms with van der Waals surface area (Å²) in [6.45, 7) is 1.64. The number of halogens is 2. The number of carbonyl (C=O) groups is 1. The molecule has 0 bridgehead atoms. The number of hydrogen-bond donors (Lipinski definition) is 1. The lowest BCUT2D eigenvalue weighted by Gasteiger charge is -2.05. The summed E-state index contributed by atoms with van der Waals surface area (Å²) in [6, 6.07) is 8.95. The summed E-state index contributed by atoms with van der Waals surface area (Å²) in [5.41, 5.74) is 7.15. The molecule has 0 spiro atoms. The second-order valence-corrected chi connectivity index (χ2v) is 4.50. The van der Waals surface area contributed by atoms with Crippen LogP contribution in [0.2, 0.25) is 5.02 Å². The molecule has 0 atom stereocenters. The van der Waals surface area contributed by atoms with Gasteiger partial charge in [0.2, 0.25) is 0 Å². The highest BCUT2D eigenvalue weighted by Crippen LogP contribution is 2.20. The Morgan fingerprint density at radius 1 is 1.17 bits per heavy atom. The normalized spacial score (nSPS) is 10.4. The van der Waals surface area contributed by atoms with Gasteiger partial charge in [-0.3, -0.25) is 4.79 Å². The van der Waals surface area contributed by atoms with E-state index in [0.29, 0.717) is 21.8 Å². The molecule has 2 N–H and O–H groups in total. The molecule has 18 heavy (non-hydrogen) atoms. The molecule has 0 saturated heterocycles. The third kappa shape index (κ3) is 2.51. The van der Waals surface area contributed by atoms with Gasteiger partial charge in [0.05, 0.1) is 0 Å². The lowest BCUT2D eigenvalue weighted by Crippen LogP contribution is -2.03. The van der Waals surface area contributed by atoms with Gasteiger partial charge >= 0.3 is 0 Å². The van der Waals surface area contributed by atoms with Gasteiger partial charge in [-0.15, -0.1) is 0 Å². The Kier molecular flexibility index (Phi) is 3.34. The maximum absolute atomic E-state index is 13.4. The minimum atomic E-state index is -0.407. The summed E-state index contributed by atoms with van der Waals surface area (Å²) in [7, 11) is 0. The number of hydrogen-bond acceptors (Lipinski definition) is 2. The van der Waals surface area contributed by atoms with Crippen LogP contribution in [0.15, 0.2) is 36.4 Å². The number of nitrogen functional groups attached to an aromatic ring is 1. The zero-order chi connectivity index (χ0) is 13.3. The average Bonchev–Trinajstić information content (AvgIpc) is 2.30. The molecule has 2 rings (SSSR count). The number of aryl methyl sites for hydroxylation is 1. The van der Waals surface area contributed by atoms with Crippen molar-refractivity contribution in [2.75, 3.05) is 5.73 Å². The first-order chi connectivity index (χ1) is 8.47. The van der Waals surface area contributed by atoms with Crippen molar-refractivity contribution in [2.24, 2.45) is 0 Å². The van der Waals surface area contributed by atoms with Gasteiger partial charge in [0.15, 0.2) is 5.78 Å². The fourth-order valence-corrected chi connectivity index (χ4v) is 1.89. The van der Waals surface area contributed by atoms with Gasteiger partial charge in [-0.1, -0.05) is 23.7 Å². The minimum absolute atomic E-state index is 0.278. The molecule has 0 aliphatic heterocycles. The van der Waals surface area contributed by atoms with Gasteiger partial charge in [-0.05, 0) is 36.8 Å². The molecule has 0 unspecified atom stereocenters. The highest BCUT2D eigenvalue weighted by molar-refractivity contribution is 6.31. The topological polar surface area (TPSA) is 43.1 Å². The molecule has 2 aromatic rings. The number of nitrogens with two attached hydrogens (primary N) is 1. The zero-order valence-electron chi connectivity index (χ0n) is 9.71. The van der Waals surface area contributed by atoms with E-state index in [0.717, 1.165) is 0 Å². The molecule has 0 radical (unpaired) electrons. The molecule has 0 fully saturated rings. The van der Waals surface area contributed by atoms with Crippen molar-refractivity contribution in [1.82, 2.24) is 0 Å². The van der Waals surface area contributed by atoms with Crippen LogP contribution in [0.3, 0.4) is 0 Å². The van der Waals surface area contributed by atoms with Crippen LogP contribution < -0.4 is 5.73 Å². The molecule has 92 valence electrons. The fraction of sp³-hybridized carbons (Fsp3) is 0.0714. The standard InChI is InChI=1S/C14H11ClFNO/c1-8-2-3-9(6-13(8)16)14(18)10-4-11(15)7-12(17)5-10/h2-7H,17H2,1H3. The molecule has 0 aliphatic rings. The van der Waals surface area contributed by atoms with Crippen LogP contribution in [0.4, 0.5) is 10.1 Å². The molecule has 2 aromatic carbocycles. The molecular weight excluding hydrogens is 253 g/mol. The Balaban J connectivity index is 2.44. The van der Waals surface area contributed by atoms with Crippen LogP contribution in [0.25, 0.3) is 0 Å². The average molecular weight is 264 g/mol. The van der Waals surface area contributed by atoms with Crippen molar-refractivity contribution in [3.05, 3.63) is 63.9 Å². The lowest BCUT2D eigenvalue weighted by atomic mass is 10.0. The van der Waals surface area contributed by atoms with E-state index in [1.54, 1.807) is 25.1 Å². The van der Waals surface area contributed by atoms with Crippen molar-refractivity contribution >= 4 is 23.1 Å². The number of anilines is 1. The third-order valence-electron chi connectivity index (χ3n) is 2.62. The summed E-state index contributed by atoms with van der Waals surface area (Å²) in [6.07, 6.45) is 0. The molecule has 0 amide bonds. The Bertz CT molecular complexity index is 605. The van der Waals surface area contributed by atoms with E-state index in [-0.39, 0.29) is 11.3 Å². The summed E-state index contributed by atoms with van der Waals surface area (Å²) < 4.78 is 13.4. The van der Waals surface area contributed by atoms with Gasteiger partial charge in [0.25, 0.3) is 0 Å². The van der Waals surface area contributed by atoms with Crippen LogP contribution in [0.5, 0.6) is 0 Å². The van der Waals surface area contributed by atoms with E-state index in [1.165, 1.54) is 18.2 Å². The fourth-order valence-electron chi connectivity index (χ4n) is 1.64. The SMILES string of the molecule is Cc1ccc(C(=O)c2cc(N)cc(Cl)c2)cc1F. The highest BCUT2D eigenvalue weighted by atomic mass is 35.5. The first-order valence-corrected chi connectivity index (χ1v) is 5.72. The van der Waals surface area contributed by atoms with Crippen LogP contribution in [0.1, 0.15) is 21.5 Å². The summed E-state index contributed by atoms with van der Waals surface area (Å²) in [5.74, 6) is -0.709. The van der Waals surface area contributed by atoms with Gasteiger partial charge in [-0.25, -0.2) is 4.39 Å². The largest absolute Gasteiger partial charge is 0.399 e. The monoisotopic (exact) mass is 263 g/mol. The summed E-state index contributed by atoms with van der Waals surface area (Å²) >= 11 is 5.83. The second-order valence-electron chi connectivity index (χ2n) is 4.07. The maximum Gasteiger partial charge on any atom is 0.193 e. The van der Waals surface area contributed by atoms with Crippen molar-refractivity contribution < 1.29 is 9.18 Å². The smallest absolute Gasteiger partial charge is 0.193 e. The quantitative estimate of drug-likeness (QED) is 0.664. The van der Waals surface area contributed by atoms with Gasteiger partial charge in [0.1, 0.15) is 5.82 Å². The van der Waals surface area contributed by atoms with Crippen molar-refractivity contribution in [3.8, 4) is 0 Å². The Morgan fingerprint density at radius 2 is 1.89 bits per heavy atom. The second kappa shape index (κ2) is 4.78. The highest BCUT2D eigenvalue weighted by Gasteiger charge is 2.12. The van der Waals surface area contributed by atoms with E-state index in [4.69, 9.17) is 17.3 Å². The van der Waals surface area contributed by atoms with Gasteiger partial charge in [-0.2, -0.15) is 0 Å². The predicted octanol–water partition coefficient (Wildman–Crippen LogP) is 3.60. The molecule has 4 heteroatoms. The van der Waals surface area contributed by atoms with E-state index in [9.17, 15) is 9.18 Å². The lowest BCUT2D eigenvalue weighted by molar-refractivity contribution is 0.103. The van der Waals surface area contributed by atoms with Crippen LogP contribution in [0, 0.1) is 12.7 Å². The molecule has 0 saturated carbocycles. The van der Waals surface area contributed by atoms with Crippen LogP contribution in [-0.2, 0) is 0 Å². The molecule has 2 nitrogen and oxygen atoms in total. The van der Waals surface area contributed by atoms with Gasteiger partial charge in [0, 0.05) is 21.8 Å². The van der Waals surface area contributed by atoms with Crippen molar-refractivity contribution in [3.63, 3.8) is 0 Å². The maximum atomic E-state index is 13.4. The Hall–Kier alpha value is -1.87. The minimum Gasteiger partial charge on any atom is -0.399 e. The van der Waals surface area contributed by atoms with Gasteiger partial charge < -0.3 is 5.73 Å². The molecular formula is C14H11ClFNO. The van der Waals surface area contributed by atoms with Crippen LogP contribution >= 0.6 is 11.6 Å². The number of benzene rings is 2.